The van der Waals surface area contributed by atoms with E-state index in [1.54, 1.807) is 18.4 Å². The molecule has 0 spiro atoms. The first kappa shape index (κ1) is 16.4. The lowest BCUT2D eigenvalue weighted by molar-refractivity contribution is 0.177. The van der Waals surface area contributed by atoms with E-state index in [0.29, 0.717) is 37.2 Å². The minimum atomic E-state index is -0.0332. The molecule has 7 nitrogen and oxygen atoms in total. The van der Waals surface area contributed by atoms with Crippen LogP contribution in [0.5, 0.6) is 0 Å². The molecule has 1 aliphatic rings. The summed E-state index contributed by atoms with van der Waals surface area (Å²) in [6.45, 7) is 1.88. The van der Waals surface area contributed by atoms with Crippen LogP contribution in [-0.2, 0) is 6.54 Å². The Kier molecular flexibility index (Phi) is 4.68. The van der Waals surface area contributed by atoms with Crippen LogP contribution in [-0.4, -0.2) is 34.2 Å². The third-order valence-electron chi connectivity index (χ3n) is 4.59. The van der Waals surface area contributed by atoms with Crippen molar-refractivity contribution in [2.45, 2.75) is 25.3 Å². The molecule has 1 fully saturated rings. The maximum absolute atomic E-state index is 12.3. The van der Waals surface area contributed by atoms with Gasteiger partial charge in [0, 0.05) is 25.6 Å². The van der Waals surface area contributed by atoms with Gasteiger partial charge < -0.3 is 19.1 Å². The Hall–Kier alpha value is -3.09. The van der Waals surface area contributed by atoms with E-state index in [0.717, 1.165) is 18.4 Å². The second-order valence-electron chi connectivity index (χ2n) is 6.33. The number of carbonyl (C=O) groups is 1. The number of likely N-dealkylation sites (tertiary alicyclic amines) is 1. The van der Waals surface area contributed by atoms with Crippen molar-refractivity contribution < 1.29 is 13.6 Å². The summed E-state index contributed by atoms with van der Waals surface area (Å²) in [4.78, 5) is 14.2. The van der Waals surface area contributed by atoms with E-state index in [1.807, 2.05) is 35.2 Å². The van der Waals surface area contributed by atoms with Crippen molar-refractivity contribution in [2.24, 2.45) is 0 Å². The molecule has 134 valence electrons. The second-order valence-corrected chi connectivity index (χ2v) is 6.33. The summed E-state index contributed by atoms with van der Waals surface area (Å²) in [7, 11) is 0. The van der Waals surface area contributed by atoms with E-state index in [2.05, 4.69) is 15.5 Å². The van der Waals surface area contributed by atoms with Gasteiger partial charge in [0.1, 0.15) is 0 Å². The highest BCUT2D eigenvalue weighted by atomic mass is 16.4. The normalized spacial score (nSPS) is 15.2. The molecule has 0 saturated carbocycles. The predicted octanol–water partition coefficient (Wildman–Crippen LogP) is 3.42. The molecule has 0 atom stereocenters. The summed E-state index contributed by atoms with van der Waals surface area (Å²) in [5.41, 5.74) is 1.09. The van der Waals surface area contributed by atoms with Gasteiger partial charge in [-0.3, -0.25) is 0 Å². The van der Waals surface area contributed by atoms with Crippen LogP contribution >= 0.6 is 0 Å². The summed E-state index contributed by atoms with van der Waals surface area (Å²) in [5.74, 6) is 1.75. The SMILES string of the molecule is O=C(NCc1ccccc1)N1CCC(c2nnc(-c3ccco3)o2)CC1. The Morgan fingerprint density at radius 1 is 1.12 bits per heavy atom. The zero-order valence-electron chi connectivity index (χ0n) is 14.3. The van der Waals surface area contributed by atoms with E-state index in [4.69, 9.17) is 8.83 Å². The topological polar surface area (TPSA) is 84.4 Å². The molecule has 1 N–H and O–H groups in total. The molecule has 0 bridgehead atoms. The van der Waals surface area contributed by atoms with Gasteiger partial charge in [-0.15, -0.1) is 10.2 Å². The first-order valence-electron chi connectivity index (χ1n) is 8.73. The fraction of sp³-hybridized carbons (Fsp3) is 0.316. The van der Waals surface area contributed by atoms with E-state index in [9.17, 15) is 4.79 Å². The number of hydrogen-bond donors (Lipinski definition) is 1. The smallest absolute Gasteiger partial charge is 0.317 e. The summed E-state index contributed by atoms with van der Waals surface area (Å²) in [6, 6.07) is 13.4. The molecule has 1 aliphatic heterocycles. The van der Waals surface area contributed by atoms with Crippen molar-refractivity contribution in [3.8, 4) is 11.7 Å². The molecule has 1 aromatic carbocycles. The standard InChI is InChI=1S/C19H20N4O3/c24-19(20-13-14-5-2-1-3-6-14)23-10-8-15(9-11-23)17-21-22-18(26-17)16-7-4-12-25-16/h1-7,12,15H,8-11,13H2,(H,20,24). The molecule has 2 aromatic heterocycles. The Bertz CT molecular complexity index is 837. The van der Waals surface area contributed by atoms with Crippen LogP contribution in [0.4, 0.5) is 4.79 Å². The van der Waals surface area contributed by atoms with Crippen LogP contribution in [0, 0.1) is 0 Å². The van der Waals surface area contributed by atoms with E-state index in [1.165, 1.54) is 0 Å². The van der Waals surface area contributed by atoms with Gasteiger partial charge in [0.2, 0.25) is 5.89 Å². The monoisotopic (exact) mass is 352 g/mol. The quantitative estimate of drug-likeness (QED) is 0.778. The number of aromatic nitrogens is 2. The third kappa shape index (κ3) is 3.61. The number of urea groups is 1. The molecule has 3 aromatic rings. The number of hydrogen-bond acceptors (Lipinski definition) is 5. The molecular weight excluding hydrogens is 332 g/mol. The van der Waals surface area contributed by atoms with Gasteiger partial charge in [-0.05, 0) is 30.5 Å². The fourth-order valence-corrected chi connectivity index (χ4v) is 3.11. The van der Waals surface area contributed by atoms with Crippen molar-refractivity contribution in [1.29, 1.82) is 0 Å². The molecular formula is C19H20N4O3. The van der Waals surface area contributed by atoms with Crippen molar-refractivity contribution in [2.75, 3.05) is 13.1 Å². The maximum atomic E-state index is 12.3. The van der Waals surface area contributed by atoms with Crippen molar-refractivity contribution in [3.05, 3.63) is 60.2 Å². The van der Waals surface area contributed by atoms with Gasteiger partial charge in [0.25, 0.3) is 5.89 Å². The van der Waals surface area contributed by atoms with Crippen molar-refractivity contribution >= 4 is 6.03 Å². The lowest BCUT2D eigenvalue weighted by atomic mass is 9.97. The van der Waals surface area contributed by atoms with E-state index < -0.39 is 0 Å². The minimum absolute atomic E-state index is 0.0332. The third-order valence-corrected chi connectivity index (χ3v) is 4.59. The zero-order chi connectivity index (χ0) is 17.8. The average molecular weight is 352 g/mol. The highest BCUT2D eigenvalue weighted by Crippen LogP contribution is 2.29. The molecule has 0 radical (unpaired) electrons. The number of benzene rings is 1. The number of piperidine rings is 1. The molecule has 26 heavy (non-hydrogen) atoms. The largest absolute Gasteiger partial charge is 0.459 e. The van der Waals surface area contributed by atoms with Crippen molar-refractivity contribution in [3.63, 3.8) is 0 Å². The fourth-order valence-electron chi connectivity index (χ4n) is 3.11. The molecule has 0 unspecified atom stereocenters. The average Bonchev–Trinajstić information content (AvgIpc) is 3.38. The number of rotatable bonds is 4. The van der Waals surface area contributed by atoms with Crippen LogP contribution in [0.1, 0.15) is 30.2 Å². The molecule has 7 heteroatoms. The van der Waals surface area contributed by atoms with Gasteiger partial charge in [-0.1, -0.05) is 30.3 Å². The Labute approximate surface area is 151 Å². The molecule has 2 amide bonds. The Morgan fingerprint density at radius 2 is 1.92 bits per heavy atom. The van der Waals surface area contributed by atoms with E-state index >= 15 is 0 Å². The number of amides is 2. The van der Waals surface area contributed by atoms with Crippen LogP contribution in [0.2, 0.25) is 0 Å². The Morgan fingerprint density at radius 3 is 2.65 bits per heavy atom. The lowest BCUT2D eigenvalue weighted by Crippen LogP contribution is -2.43. The molecule has 0 aliphatic carbocycles. The molecule has 1 saturated heterocycles. The first-order valence-corrected chi connectivity index (χ1v) is 8.73. The van der Waals surface area contributed by atoms with Crippen LogP contribution in [0.15, 0.2) is 57.6 Å². The number of carbonyl (C=O) groups excluding carboxylic acids is 1. The van der Waals surface area contributed by atoms with Gasteiger partial charge in [0.15, 0.2) is 5.76 Å². The summed E-state index contributed by atoms with van der Waals surface area (Å²) >= 11 is 0. The predicted molar refractivity (Wildman–Crippen MR) is 94.2 cm³/mol. The maximum Gasteiger partial charge on any atom is 0.317 e. The van der Waals surface area contributed by atoms with Crippen LogP contribution in [0.3, 0.4) is 0 Å². The van der Waals surface area contributed by atoms with Crippen LogP contribution in [0.25, 0.3) is 11.7 Å². The summed E-state index contributed by atoms with van der Waals surface area (Å²) < 4.78 is 11.0. The highest BCUT2D eigenvalue weighted by molar-refractivity contribution is 5.74. The summed E-state index contributed by atoms with van der Waals surface area (Å²) in [6.07, 6.45) is 3.18. The van der Waals surface area contributed by atoms with Crippen LogP contribution < -0.4 is 5.32 Å². The minimum Gasteiger partial charge on any atom is -0.459 e. The highest BCUT2D eigenvalue weighted by Gasteiger charge is 2.27. The second kappa shape index (κ2) is 7.43. The van der Waals surface area contributed by atoms with E-state index in [-0.39, 0.29) is 11.9 Å². The number of furan rings is 1. The lowest BCUT2D eigenvalue weighted by Gasteiger charge is -2.30. The Balaban J connectivity index is 1.29. The molecule has 4 rings (SSSR count). The van der Waals surface area contributed by atoms with Gasteiger partial charge in [-0.2, -0.15) is 0 Å². The number of nitrogens with zero attached hydrogens (tertiary/aromatic N) is 3. The zero-order valence-corrected chi connectivity index (χ0v) is 14.3. The number of nitrogens with one attached hydrogen (secondary N) is 1. The first-order chi connectivity index (χ1) is 12.8. The summed E-state index contributed by atoms with van der Waals surface area (Å²) in [5, 5.41) is 11.2. The molecule has 3 heterocycles. The van der Waals surface area contributed by atoms with Crippen molar-refractivity contribution in [1.82, 2.24) is 20.4 Å². The van der Waals surface area contributed by atoms with Gasteiger partial charge in [-0.25, -0.2) is 4.79 Å². The van der Waals surface area contributed by atoms with Gasteiger partial charge in [0.05, 0.1) is 6.26 Å². The van der Waals surface area contributed by atoms with Gasteiger partial charge >= 0.3 is 6.03 Å².